The van der Waals surface area contributed by atoms with Gasteiger partial charge in [-0.1, -0.05) is 15.9 Å². The van der Waals surface area contributed by atoms with Crippen molar-refractivity contribution in [1.29, 1.82) is 0 Å². The summed E-state index contributed by atoms with van der Waals surface area (Å²) in [7, 11) is 0. The fraction of sp³-hybridized carbons (Fsp3) is 0.429. The van der Waals surface area contributed by atoms with E-state index in [0.29, 0.717) is 4.47 Å². The van der Waals surface area contributed by atoms with E-state index in [4.69, 9.17) is 0 Å². The molecule has 0 aromatic heterocycles. The Kier molecular flexibility index (Phi) is 5.92. The number of hydrogen-bond donors (Lipinski definition) is 0. The largest absolute Gasteiger partial charge is 0.300 e. The predicted molar refractivity (Wildman–Crippen MR) is 72.5 cm³/mol. The monoisotopic (exact) mass is 350 g/mol. The lowest BCUT2D eigenvalue weighted by Gasteiger charge is -2.19. The summed E-state index contributed by atoms with van der Waals surface area (Å²) in [5, 5.41) is 0. The molecule has 0 unspecified atom stereocenters. The molecule has 20 heavy (non-hydrogen) atoms. The minimum absolute atomic E-state index is 0.0269. The Balaban J connectivity index is 0.000000204. The van der Waals surface area contributed by atoms with Gasteiger partial charge in [0, 0.05) is 30.2 Å². The number of halogens is 4. The van der Waals surface area contributed by atoms with E-state index < -0.39 is 11.7 Å². The second kappa shape index (κ2) is 7.02. The number of alkyl halides is 2. The van der Waals surface area contributed by atoms with Crippen molar-refractivity contribution in [3.63, 3.8) is 0 Å². The van der Waals surface area contributed by atoms with Crippen molar-refractivity contribution in [2.45, 2.75) is 38.5 Å². The van der Waals surface area contributed by atoms with E-state index in [1.807, 2.05) is 0 Å². The van der Waals surface area contributed by atoms with Gasteiger partial charge in [-0.3, -0.25) is 9.59 Å². The molecule has 0 N–H and O–H groups in total. The number of Topliss-reactive ketones (excluding diaryl/α,β-unsaturated/α-hetero) is 2. The van der Waals surface area contributed by atoms with Gasteiger partial charge < -0.3 is 0 Å². The van der Waals surface area contributed by atoms with E-state index in [1.54, 1.807) is 6.07 Å². The average Bonchev–Trinajstić information content (AvgIpc) is 2.37. The minimum Gasteiger partial charge on any atom is -0.300 e. The third kappa shape index (κ3) is 5.45. The van der Waals surface area contributed by atoms with Gasteiger partial charge in [-0.2, -0.15) is 0 Å². The lowest BCUT2D eigenvalue weighted by atomic mass is 9.96. The highest BCUT2D eigenvalue weighted by atomic mass is 79.9. The standard InChI is InChI=1S/C8H6BrFO.C6H8F2O/c1-5(11)7-4-6(9)2-3-8(7)10;7-6(8)3-1-5(9)2-4-6/h2-4H,1H3;1-4H2. The first-order chi connectivity index (χ1) is 9.21. The third-order valence-electron chi connectivity index (χ3n) is 2.85. The molecule has 6 heteroatoms. The zero-order valence-corrected chi connectivity index (χ0v) is 12.5. The van der Waals surface area contributed by atoms with E-state index in [2.05, 4.69) is 15.9 Å². The van der Waals surface area contributed by atoms with Crippen LogP contribution in [0.25, 0.3) is 0 Å². The van der Waals surface area contributed by atoms with E-state index in [9.17, 15) is 22.8 Å². The summed E-state index contributed by atoms with van der Waals surface area (Å²) in [6.07, 6.45) is -0.363. The molecule has 0 radical (unpaired) electrons. The van der Waals surface area contributed by atoms with Crippen LogP contribution in [0.4, 0.5) is 13.2 Å². The number of carbonyl (C=O) groups is 2. The van der Waals surface area contributed by atoms with Gasteiger partial charge in [0.25, 0.3) is 0 Å². The number of hydrogen-bond acceptors (Lipinski definition) is 2. The van der Waals surface area contributed by atoms with Crippen LogP contribution in [0.15, 0.2) is 22.7 Å². The van der Waals surface area contributed by atoms with Gasteiger partial charge in [0.15, 0.2) is 5.78 Å². The fourth-order valence-corrected chi connectivity index (χ4v) is 2.02. The van der Waals surface area contributed by atoms with Crippen molar-refractivity contribution >= 4 is 27.5 Å². The van der Waals surface area contributed by atoms with Gasteiger partial charge in [0.05, 0.1) is 5.56 Å². The van der Waals surface area contributed by atoms with Crippen molar-refractivity contribution in [2.24, 2.45) is 0 Å². The number of benzene rings is 1. The smallest absolute Gasteiger partial charge is 0.249 e. The Morgan fingerprint density at radius 1 is 1.25 bits per heavy atom. The average molecular weight is 351 g/mol. The quantitative estimate of drug-likeness (QED) is 0.696. The molecule has 1 aliphatic carbocycles. The third-order valence-corrected chi connectivity index (χ3v) is 3.34. The number of carbonyl (C=O) groups excluding carboxylic acids is 2. The molecule has 0 atom stereocenters. The van der Waals surface area contributed by atoms with E-state index >= 15 is 0 Å². The molecule has 0 aliphatic heterocycles. The first kappa shape index (κ1) is 16.9. The van der Waals surface area contributed by atoms with Crippen LogP contribution >= 0.6 is 15.9 Å². The highest BCUT2D eigenvalue weighted by molar-refractivity contribution is 9.10. The normalized spacial score (nSPS) is 17.1. The van der Waals surface area contributed by atoms with Crippen molar-refractivity contribution in [2.75, 3.05) is 0 Å². The summed E-state index contributed by atoms with van der Waals surface area (Å²) in [5.74, 6) is -3.32. The molecule has 110 valence electrons. The lowest BCUT2D eigenvalue weighted by Crippen LogP contribution is -2.24. The van der Waals surface area contributed by atoms with Crippen LogP contribution in [0.3, 0.4) is 0 Å². The molecule has 1 aromatic rings. The molecule has 0 saturated heterocycles. The molecule has 1 aliphatic rings. The predicted octanol–water partition coefficient (Wildman–Crippen LogP) is 4.56. The zero-order chi connectivity index (χ0) is 15.3. The summed E-state index contributed by atoms with van der Waals surface area (Å²) >= 11 is 3.15. The summed E-state index contributed by atoms with van der Waals surface area (Å²) in [6.45, 7) is 1.34. The van der Waals surface area contributed by atoms with E-state index in [0.717, 1.165) is 0 Å². The van der Waals surface area contributed by atoms with Crippen LogP contribution in [0.5, 0.6) is 0 Å². The van der Waals surface area contributed by atoms with Gasteiger partial charge in [0.1, 0.15) is 11.6 Å². The van der Waals surface area contributed by atoms with Crippen LogP contribution in [-0.2, 0) is 4.79 Å². The highest BCUT2D eigenvalue weighted by Gasteiger charge is 2.33. The second-order valence-electron chi connectivity index (χ2n) is 4.57. The van der Waals surface area contributed by atoms with Gasteiger partial charge in [-0.25, -0.2) is 13.2 Å². The van der Waals surface area contributed by atoms with E-state index in [1.165, 1.54) is 19.1 Å². The topological polar surface area (TPSA) is 34.1 Å². The lowest BCUT2D eigenvalue weighted by molar-refractivity contribution is -0.128. The first-order valence-electron chi connectivity index (χ1n) is 6.07. The van der Waals surface area contributed by atoms with Crippen LogP contribution in [0.2, 0.25) is 0 Å². The van der Waals surface area contributed by atoms with Crippen molar-refractivity contribution < 1.29 is 22.8 Å². The molecule has 0 bridgehead atoms. The van der Waals surface area contributed by atoms with Gasteiger partial charge >= 0.3 is 0 Å². The maximum Gasteiger partial charge on any atom is 0.249 e. The Bertz CT molecular complexity index is 503. The Morgan fingerprint density at radius 3 is 2.20 bits per heavy atom. The van der Waals surface area contributed by atoms with Crippen molar-refractivity contribution in [1.82, 2.24) is 0 Å². The molecular formula is C14H14BrF3O2. The molecule has 0 amide bonds. The molecule has 1 saturated carbocycles. The summed E-state index contributed by atoms with van der Waals surface area (Å²) in [5.41, 5.74) is 0.124. The molecule has 2 rings (SSSR count). The van der Waals surface area contributed by atoms with E-state index in [-0.39, 0.29) is 42.8 Å². The summed E-state index contributed by atoms with van der Waals surface area (Å²) < 4.78 is 37.9. The number of rotatable bonds is 1. The Hall–Kier alpha value is -1.17. The first-order valence-corrected chi connectivity index (χ1v) is 6.86. The molecule has 2 nitrogen and oxygen atoms in total. The summed E-state index contributed by atoms with van der Waals surface area (Å²) in [6, 6.07) is 4.29. The minimum atomic E-state index is -2.56. The van der Waals surface area contributed by atoms with Crippen molar-refractivity contribution in [3.05, 3.63) is 34.1 Å². The SMILES string of the molecule is CC(=O)c1cc(Br)ccc1F.O=C1CCC(F)(F)CC1. The van der Waals surface area contributed by atoms with Gasteiger partial charge in [-0.15, -0.1) is 0 Å². The van der Waals surface area contributed by atoms with Crippen LogP contribution < -0.4 is 0 Å². The maximum absolute atomic E-state index is 12.8. The number of ketones is 2. The van der Waals surface area contributed by atoms with Crippen LogP contribution in [0.1, 0.15) is 43.0 Å². The zero-order valence-electron chi connectivity index (χ0n) is 10.9. The molecule has 0 spiro atoms. The van der Waals surface area contributed by atoms with Gasteiger partial charge in [0.2, 0.25) is 5.92 Å². The van der Waals surface area contributed by atoms with Crippen LogP contribution in [-0.4, -0.2) is 17.5 Å². The molecule has 0 heterocycles. The van der Waals surface area contributed by atoms with Crippen molar-refractivity contribution in [3.8, 4) is 0 Å². The Morgan fingerprint density at radius 2 is 1.80 bits per heavy atom. The second-order valence-corrected chi connectivity index (χ2v) is 5.49. The summed E-state index contributed by atoms with van der Waals surface area (Å²) in [4.78, 5) is 21.2. The molecule has 1 aromatic carbocycles. The molecular weight excluding hydrogens is 337 g/mol. The van der Waals surface area contributed by atoms with Gasteiger partial charge in [-0.05, 0) is 25.1 Å². The molecule has 1 fully saturated rings. The highest BCUT2D eigenvalue weighted by Crippen LogP contribution is 2.30. The Labute approximate surface area is 123 Å². The fourth-order valence-electron chi connectivity index (χ4n) is 1.66. The van der Waals surface area contributed by atoms with Crippen LogP contribution in [0, 0.1) is 5.82 Å². The maximum atomic E-state index is 12.8.